The van der Waals surface area contributed by atoms with Crippen LogP contribution < -0.4 is 10.6 Å². The van der Waals surface area contributed by atoms with Gasteiger partial charge in [0.25, 0.3) is 0 Å². The van der Waals surface area contributed by atoms with Gasteiger partial charge in [0.1, 0.15) is 18.7 Å². The van der Waals surface area contributed by atoms with Crippen LogP contribution in [0.4, 0.5) is 0 Å². The first kappa shape index (κ1) is 21.1. The van der Waals surface area contributed by atoms with Crippen LogP contribution in [0.5, 0.6) is 0 Å². The van der Waals surface area contributed by atoms with Crippen molar-refractivity contribution in [3.8, 4) is 0 Å². The van der Waals surface area contributed by atoms with Crippen molar-refractivity contribution in [2.45, 2.75) is 32.4 Å². The first-order valence-electron chi connectivity index (χ1n) is 8.90. The highest BCUT2D eigenvalue weighted by atomic mass is 127. The van der Waals surface area contributed by atoms with Crippen LogP contribution in [-0.4, -0.2) is 51.8 Å². The molecule has 1 aliphatic heterocycles. The maximum absolute atomic E-state index is 4.65. The first-order chi connectivity index (χ1) is 12.3. The van der Waals surface area contributed by atoms with Crippen molar-refractivity contribution in [3.05, 3.63) is 34.5 Å². The van der Waals surface area contributed by atoms with Crippen molar-refractivity contribution in [1.82, 2.24) is 30.3 Å². The molecule has 0 radical (unpaired) electrons. The van der Waals surface area contributed by atoms with Crippen molar-refractivity contribution < 1.29 is 0 Å². The molecule has 2 N–H and O–H groups in total. The summed E-state index contributed by atoms with van der Waals surface area (Å²) in [6, 6.07) is 4.77. The lowest BCUT2D eigenvalue weighted by molar-refractivity contribution is 0.249. The molecule has 0 aromatic carbocycles. The third-order valence-corrected chi connectivity index (χ3v) is 5.42. The van der Waals surface area contributed by atoms with Crippen LogP contribution in [0.3, 0.4) is 0 Å². The Bertz CT molecular complexity index is 664. The minimum absolute atomic E-state index is 0. The molecule has 1 saturated heterocycles. The number of rotatable bonds is 7. The Labute approximate surface area is 176 Å². The summed E-state index contributed by atoms with van der Waals surface area (Å²) < 4.78 is 1.76. The quantitative estimate of drug-likeness (QED) is 0.355. The number of aliphatic imine (C=N–C) groups is 1. The standard InChI is InChI=1S/C17H27N7S.HI/c1-3-18-17(20-12-16-21-13-22-23(16)2)19-11-14(15-7-6-10-25-15)24-8-4-5-9-24;/h6-7,10,13-14H,3-5,8-9,11-12H2,1-2H3,(H2,18,19,20);1H. The van der Waals surface area contributed by atoms with Gasteiger partial charge in [-0.25, -0.2) is 9.98 Å². The zero-order valence-electron chi connectivity index (χ0n) is 15.4. The lowest BCUT2D eigenvalue weighted by Crippen LogP contribution is -2.42. The van der Waals surface area contributed by atoms with E-state index in [0.29, 0.717) is 12.6 Å². The summed E-state index contributed by atoms with van der Waals surface area (Å²) in [7, 11) is 1.89. The molecule has 0 spiro atoms. The van der Waals surface area contributed by atoms with Gasteiger partial charge in [-0.05, 0) is 44.3 Å². The minimum atomic E-state index is 0. The van der Waals surface area contributed by atoms with Crippen molar-refractivity contribution in [3.63, 3.8) is 0 Å². The van der Waals surface area contributed by atoms with Crippen LogP contribution >= 0.6 is 35.3 Å². The van der Waals surface area contributed by atoms with Gasteiger partial charge in [-0.3, -0.25) is 9.58 Å². The average molecular weight is 489 g/mol. The Morgan fingerprint density at radius 2 is 2.15 bits per heavy atom. The van der Waals surface area contributed by atoms with E-state index in [4.69, 9.17) is 0 Å². The Balaban J connectivity index is 0.00000243. The molecule has 1 aliphatic rings. The summed E-state index contributed by atoms with van der Waals surface area (Å²) in [6.45, 7) is 6.63. The molecule has 26 heavy (non-hydrogen) atoms. The van der Waals surface area contributed by atoms with E-state index in [1.165, 1.54) is 30.8 Å². The molecule has 1 fully saturated rings. The molecule has 3 rings (SSSR count). The highest BCUT2D eigenvalue weighted by Crippen LogP contribution is 2.27. The van der Waals surface area contributed by atoms with Gasteiger partial charge in [-0.15, -0.1) is 35.3 Å². The largest absolute Gasteiger partial charge is 0.357 e. The maximum atomic E-state index is 4.65. The van der Waals surface area contributed by atoms with E-state index in [9.17, 15) is 0 Å². The molecule has 144 valence electrons. The van der Waals surface area contributed by atoms with Crippen molar-refractivity contribution in [1.29, 1.82) is 0 Å². The van der Waals surface area contributed by atoms with Gasteiger partial charge in [-0.2, -0.15) is 5.10 Å². The normalized spacial score (nSPS) is 16.3. The third-order valence-electron chi connectivity index (χ3n) is 4.44. The molecular weight excluding hydrogens is 461 g/mol. The molecule has 0 bridgehead atoms. The van der Waals surface area contributed by atoms with Gasteiger partial charge in [0.2, 0.25) is 0 Å². The number of thiophene rings is 1. The second-order valence-corrected chi connectivity index (χ2v) is 7.13. The molecule has 0 saturated carbocycles. The lowest BCUT2D eigenvalue weighted by atomic mass is 10.2. The number of hydrogen-bond acceptors (Lipinski definition) is 5. The van der Waals surface area contributed by atoms with E-state index in [0.717, 1.165) is 24.9 Å². The summed E-state index contributed by atoms with van der Waals surface area (Å²) in [6.07, 6.45) is 4.15. The van der Waals surface area contributed by atoms with E-state index in [2.05, 4.69) is 55.0 Å². The predicted molar refractivity (Wildman–Crippen MR) is 117 cm³/mol. The summed E-state index contributed by atoms with van der Waals surface area (Å²) in [5.41, 5.74) is 0. The average Bonchev–Trinajstić information content (AvgIpc) is 3.36. The van der Waals surface area contributed by atoms with E-state index in [1.54, 1.807) is 11.0 Å². The third kappa shape index (κ3) is 5.65. The van der Waals surface area contributed by atoms with Crippen molar-refractivity contribution in [2.24, 2.45) is 12.0 Å². The monoisotopic (exact) mass is 489 g/mol. The maximum Gasteiger partial charge on any atom is 0.191 e. The number of likely N-dealkylation sites (tertiary alicyclic amines) is 1. The molecule has 2 aromatic rings. The van der Waals surface area contributed by atoms with Crippen molar-refractivity contribution in [2.75, 3.05) is 26.2 Å². The van der Waals surface area contributed by atoms with E-state index in [-0.39, 0.29) is 24.0 Å². The van der Waals surface area contributed by atoms with Crippen LogP contribution in [0.15, 0.2) is 28.8 Å². The summed E-state index contributed by atoms with van der Waals surface area (Å²) in [5, 5.41) is 13.1. The van der Waals surface area contributed by atoms with Gasteiger partial charge in [0.15, 0.2) is 5.96 Å². The summed E-state index contributed by atoms with van der Waals surface area (Å²) in [5.74, 6) is 1.68. The van der Waals surface area contributed by atoms with Crippen LogP contribution in [-0.2, 0) is 13.6 Å². The van der Waals surface area contributed by atoms with E-state index >= 15 is 0 Å². The summed E-state index contributed by atoms with van der Waals surface area (Å²) >= 11 is 1.83. The SMILES string of the molecule is CCNC(=NCc1ncnn1C)NCC(c1cccs1)N1CCCC1.I. The molecule has 3 heterocycles. The van der Waals surface area contributed by atoms with Crippen LogP contribution in [0, 0.1) is 0 Å². The smallest absolute Gasteiger partial charge is 0.191 e. The molecule has 2 aromatic heterocycles. The Morgan fingerprint density at radius 3 is 2.77 bits per heavy atom. The van der Waals surface area contributed by atoms with Gasteiger partial charge in [-0.1, -0.05) is 6.07 Å². The zero-order chi connectivity index (χ0) is 17.5. The number of nitrogens with one attached hydrogen (secondary N) is 2. The number of hydrogen-bond donors (Lipinski definition) is 2. The molecule has 1 atom stereocenters. The van der Waals surface area contributed by atoms with Gasteiger partial charge < -0.3 is 10.6 Å². The number of aryl methyl sites for hydroxylation is 1. The van der Waals surface area contributed by atoms with Gasteiger partial charge in [0.05, 0.1) is 6.04 Å². The fourth-order valence-electron chi connectivity index (χ4n) is 3.09. The zero-order valence-corrected chi connectivity index (χ0v) is 18.5. The predicted octanol–water partition coefficient (Wildman–Crippen LogP) is 2.39. The number of halogens is 1. The summed E-state index contributed by atoms with van der Waals surface area (Å²) in [4.78, 5) is 12.9. The number of aromatic nitrogens is 3. The molecule has 7 nitrogen and oxygen atoms in total. The first-order valence-corrected chi connectivity index (χ1v) is 9.78. The number of guanidine groups is 1. The highest BCUT2D eigenvalue weighted by Gasteiger charge is 2.24. The number of nitrogens with zero attached hydrogens (tertiary/aromatic N) is 5. The van der Waals surface area contributed by atoms with Crippen LogP contribution in [0.1, 0.15) is 36.5 Å². The van der Waals surface area contributed by atoms with Crippen LogP contribution in [0.2, 0.25) is 0 Å². The molecule has 0 aliphatic carbocycles. The van der Waals surface area contributed by atoms with E-state index < -0.39 is 0 Å². The molecule has 0 amide bonds. The Morgan fingerprint density at radius 1 is 1.35 bits per heavy atom. The fraction of sp³-hybridized carbons (Fsp3) is 0.588. The molecule has 1 unspecified atom stereocenters. The van der Waals surface area contributed by atoms with Gasteiger partial charge >= 0.3 is 0 Å². The van der Waals surface area contributed by atoms with Crippen molar-refractivity contribution >= 4 is 41.3 Å². The highest BCUT2D eigenvalue weighted by molar-refractivity contribution is 14.0. The minimum Gasteiger partial charge on any atom is -0.357 e. The second kappa shape index (κ2) is 10.8. The van der Waals surface area contributed by atoms with Crippen LogP contribution in [0.25, 0.3) is 0 Å². The topological polar surface area (TPSA) is 70.4 Å². The Kier molecular flexibility index (Phi) is 8.79. The van der Waals surface area contributed by atoms with E-state index in [1.807, 2.05) is 18.4 Å². The lowest BCUT2D eigenvalue weighted by Gasteiger charge is -2.27. The second-order valence-electron chi connectivity index (χ2n) is 6.15. The molecular formula is C17H28IN7S. The Hall–Kier alpha value is -1.20. The molecule has 9 heteroatoms. The fourth-order valence-corrected chi connectivity index (χ4v) is 3.95. The van der Waals surface area contributed by atoms with Gasteiger partial charge in [0, 0.05) is 25.0 Å².